The number of hydrogen-bond donors (Lipinski definition) is 2. The zero-order valence-corrected chi connectivity index (χ0v) is 10.8. The molecule has 1 radical (unpaired) electrons. The molecule has 8 N–H and O–H groups in total. The second-order valence-electron chi connectivity index (χ2n) is 0. The molecular weight excluding hydrogens is 344 g/mol. The molecule has 0 heterocycles. The van der Waals surface area contributed by atoms with Gasteiger partial charge in [0.15, 0.2) is 0 Å². The van der Waals surface area contributed by atoms with Crippen molar-refractivity contribution in [1.29, 1.82) is 0 Å². The molecule has 0 unspecified atom stereocenters. The number of halogens is 6. The Bertz CT molecular complexity index is 11.0. The first kappa shape index (κ1) is 229. The van der Waals surface area contributed by atoms with Gasteiger partial charge >= 0.3 is 19.5 Å². The predicted molar refractivity (Wildman–Crippen MR) is 12.0 cm³/mol. The average molecular weight is 352 g/mol. The summed E-state index contributed by atoms with van der Waals surface area (Å²) in [5.41, 5.74) is 0. The van der Waals surface area contributed by atoms with E-state index in [0.717, 1.165) is 0 Å². The molecule has 69 valence electrons. The van der Waals surface area contributed by atoms with Crippen molar-refractivity contribution in [3.05, 3.63) is 0 Å². The Morgan fingerprint density at radius 1 is 0.333 bits per heavy atom. The van der Waals surface area contributed by atoms with Gasteiger partial charge in [-0.3, -0.25) is 0 Å². The first-order valence-electron chi connectivity index (χ1n) is 0. The molecule has 0 bridgehead atoms. The van der Waals surface area contributed by atoms with Gasteiger partial charge in [-0.25, -0.2) is 0 Å². The third kappa shape index (κ3) is 135. The molecule has 9 heavy (non-hydrogen) atoms. The topological polar surface area (TPSA) is 73.0 Å². The third-order valence-corrected chi connectivity index (χ3v) is 0. The van der Waals surface area contributed by atoms with Crippen LogP contribution < -0.4 is 86.7 Å². The van der Waals surface area contributed by atoms with E-state index in [1.165, 1.54) is 0 Å². The summed E-state index contributed by atoms with van der Waals surface area (Å²) in [6, 6.07) is 0. The standard InChI is InChI=1S/6ClH.2H3N.Rh/h6*1H;2*1H3;/q;;;;;;;;+4/p-4. The summed E-state index contributed by atoms with van der Waals surface area (Å²) in [7, 11) is 0. The first-order chi connectivity index (χ1) is 0. The quantitative estimate of drug-likeness (QED) is 0.407. The normalized spacial score (nSPS) is 0. The van der Waals surface area contributed by atoms with Crippen LogP contribution in [-0.4, -0.2) is 0 Å². The van der Waals surface area contributed by atoms with Crippen LogP contribution in [0.3, 0.4) is 0 Å². The van der Waals surface area contributed by atoms with Crippen LogP contribution in [0.1, 0.15) is 0 Å². The number of hydrogen-bond acceptors (Lipinski definition) is 0. The van der Waals surface area contributed by atoms with Crippen molar-refractivity contribution in [3.8, 4) is 0 Å². The fourth-order valence-electron chi connectivity index (χ4n) is 0. The van der Waals surface area contributed by atoms with Crippen LogP contribution in [0, 0.1) is 0 Å². The minimum atomic E-state index is 0. The monoisotopic (exact) mass is 349 g/mol. The fraction of sp³-hybridized carbons (Fsp3) is 0. The molecule has 0 aliphatic heterocycles. The third-order valence-electron chi connectivity index (χ3n) is 0. The minimum absolute atomic E-state index is 0. The van der Waals surface area contributed by atoms with Crippen LogP contribution in [0.4, 0.5) is 0 Å². The van der Waals surface area contributed by atoms with E-state index in [1.807, 2.05) is 0 Å². The van der Waals surface area contributed by atoms with Crippen LogP contribution in [-0.2, 0) is 19.5 Å². The molecule has 0 spiro atoms. The molecular formula is H8Cl6N2Rh. The van der Waals surface area contributed by atoms with Gasteiger partial charge in [0, 0.05) is 0 Å². The smallest absolute Gasteiger partial charge is 1.00 e. The zero-order chi connectivity index (χ0) is 0. The van der Waals surface area contributed by atoms with Gasteiger partial charge in [-0.1, -0.05) is 0 Å². The Labute approximate surface area is 105 Å². The maximum absolute atomic E-state index is 0. The van der Waals surface area contributed by atoms with Gasteiger partial charge in [0.1, 0.15) is 0 Å². The van der Waals surface area contributed by atoms with Crippen molar-refractivity contribution in [2.24, 2.45) is 0 Å². The molecule has 0 atom stereocenters. The van der Waals surface area contributed by atoms with Crippen LogP contribution in [0.2, 0.25) is 0 Å². The Balaban J connectivity index is 0. The Hall–Kier alpha value is 2.28. The maximum Gasteiger partial charge on any atom is 4.00 e. The summed E-state index contributed by atoms with van der Waals surface area (Å²) in [6.07, 6.45) is 0. The van der Waals surface area contributed by atoms with E-state index in [2.05, 4.69) is 0 Å². The molecule has 0 aromatic rings. The molecule has 0 rings (SSSR count). The molecule has 0 saturated carbocycles. The van der Waals surface area contributed by atoms with Crippen molar-refractivity contribution in [3.63, 3.8) is 0 Å². The summed E-state index contributed by atoms with van der Waals surface area (Å²) in [6.45, 7) is 0. The summed E-state index contributed by atoms with van der Waals surface area (Å²) < 4.78 is 0. The van der Waals surface area contributed by atoms with Gasteiger partial charge in [0.05, 0.1) is 0 Å². The van der Waals surface area contributed by atoms with Crippen molar-refractivity contribution in [1.82, 2.24) is 12.3 Å². The van der Waals surface area contributed by atoms with Gasteiger partial charge < -0.3 is 86.7 Å². The van der Waals surface area contributed by atoms with Crippen molar-refractivity contribution in [2.75, 3.05) is 0 Å². The molecule has 2 nitrogen and oxygen atoms in total. The number of quaternary nitrogens is 2. The first-order valence-corrected chi connectivity index (χ1v) is 0. The van der Waals surface area contributed by atoms with Crippen molar-refractivity contribution < 1.29 is 93.9 Å². The Kier molecular flexibility index (Phi) is 4320. The van der Waals surface area contributed by atoms with E-state index in [-0.39, 0.29) is 106 Å². The second-order valence-corrected chi connectivity index (χ2v) is 0. The SMILES string of the molecule is [Cl-].[Cl-].[Cl-].[Cl-].[Cl-].[Cl-].[NH4+].[NH4+].[Rh+4]. The fourth-order valence-corrected chi connectivity index (χ4v) is 0. The molecule has 9 heteroatoms. The minimum Gasteiger partial charge on any atom is -1.00 e. The molecule has 0 saturated heterocycles. The van der Waals surface area contributed by atoms with Gasteiger partial charge in [-0.05, 0) is 0 Å². The summed E-state index contributed by atoms with van der Waals surface area (Å²) in [5.74, 6) is 0. The summed E-state index contributed by atoms with van der Waals surface area (Å²) in [4.78, 5) is 0. The van der Waals surface area contributed by atoms with E-state index < -0.39 is 0 Å². The largest absolute Gasteiger partial charge is 4.00 e. The van der Waals surface area contributed by atoms with Gasteiger partial charge in [-0.15, -0.1) is 0 Å². The van der Waals surface area contributed by atoms with Crippen LogP contribution in [0.15, 0.2) is 0 Å². The predicted octanol–water partition coefficient (Wildman–Crippen LogP) is -17.2. The summed E-state index contributed by atoms with van der Waals surface area (Å²) in [5, 5.41) is 0. The Morgan fingerprint density at radius 3 is 0.333 bits per heavy atom. The average Bonchev–Trinajstić information content (AvgIpc) is 0. The summed E-state index contributed by atoms with van der Waals surface area (Å²) >= 11 is 0. The molecule has 0 aliphatic carbocycles. The van der Waals surface area contributed by atoms with Crippen LogP contribution in [0.5, 0.6) is 0 Å². The zero-order valence-electron chi connectivity index (χ0n) is 4.60. The van der Waals surface area contributed by atoms with E-state index in [4.69, 9.17) is 0 Å². The van der Waals surface area contributed by atoms with E-state index in [0.29, 0.717) is 0 Å². The van der Waals surface area contributed by atoms with Crippen LogP contribution >= 0.6 is 0 Å². The van der Waals surface area contributed by atoms with E-state index in [9.17, 15) is 0 Å². The van der Waals surface area contributed by atoms with Crippen molar-refractivity contribution >= 4 is 0 Å². The molecule has 0 amide bonds. The number of rotatable bonds is 0. The van der Waals surface area contributed by atoms with Gasteiger partial charge in [-0.2, -0.15) is 0 Å². The van der Waals surface area contributed by atoms with Crippen molar-refractivity contribution in [2.45, 2.75) is 0 Å². The van der Waals surface area contributed by atoms with E-state index in [1.54, 1.807) is 0 Å². The second kappa shape index (κ2) is 170. The van der Waals surface area contributed by atoms with Gasteiger partial charge in [0.25, 0.3) is 0 Å². The van der Waals surface area contributed by atoms with Gasteiger partial charge in [0.2, 0.25) is 0 Å². The Morgan fingerprint density at radius 2 is 0.333 bits per heavy atom. The van der Waals surface area contributed by atoms with Crippen LogP contribution in [0.25, 0.3) is 0 Å². The molecule has 0 aromatic carbocycles. The molecule has 0 fully saturated rings. The molecule has 0 aromatic heterocycles. The van der Waals surface area contributed by atoms with E-state index >= 15 is 0 Å². The molecule has 0 aliphatic rings. The maximum atomic E-state index is 0.